The van der Waals surface area contributed by atoms with Gasteiger partial charge in [-0.25, -0.2) is 4.68 Å². The van der Waals surface area contributed by atoms with E-state index >= 15 is 0 Å². The molecule has 0 unspecified atom stereocenters. The summed E-state index contributed by atoms with van der Waals surface area (Å²) in [5, 5.41) is 8.57. The Labute approximate surface area is 163 Å². The quantitative estimate of drug-likeness (QED) is 0.761. The number of hydrogen-bond donors (Lipinski definition) is 1. The first-order valence-corrected chi connectivity index (χ1v) is 9.50. The summed E-state index contributed by atoms with van der Waals surface area (Å²) < 4.78 is 1.90. The van der Waals surface area contributed by atoms with Crippen molar-refractivity contribution < 1.29 is 4.79 Å². The first kappa shape index (κ1) is 18.2. The molecular weight excluding hydrogens is 354 g/mol. The number of nitrogens with one attached hydrogen (secondary N) is 1. The zero-order valence-corrected chi connectivity index (χ0v) is 16.1. The summed E-state index contributed by atoms with van der Waals surface area (Å²) in [5.74, 6) is -0.202. The summed E-state index contributed by atoms with van der Waals surface area (Å²) in [6.07, 6.45) is 3.53. The number of aromatic nitrogens is 4. The number of hydrogen-bond acceptors (Lipinski definition) is 4. The number of aromatic amines is 1. The summed E-state index contributed by atoms with van der Waals surface area (Å²) in [6, 6.07) is 11.8. The third-order valence-electron chi connectivity index (χ3n) is 5.43. The van der Waals surface area contributed by atoms with Gasteiger partial charge >= 0.3 is 0 Å². The molecule has 7 nitrogen and oxygen atoms in total. The van der Waals surface area contributed by atoms with Crippen LogP contribution in [0.4, 0.5) is 0 Å². The largest absolute Gasteiger partial charge is 0.338 e. The van der Waals surface area contributed by atoms with Crippen LogP contribution in [0.1, 0.15) is 40.5 Å². The number of carbonyl (C=O) groups is 1. The number of aryl methyl sites for hydroxylation is 2. The zero-order chi connectivity index (χ0) is 19.7. The number of amides is 1. The Hall–Kier alpha value is -3.22. The predicted molar refractivity (Wildman–Crippen MR) is 106 cm³/mol. The number of benzene rings is 1. The maximum absolute atomic E-state index is 12.8. The third kappa shape index (κ3) is 3.47. The van der Waals surface area contributed by atoms with Crippen molar-refractivity contribution in [2.75, 3.05) is 13.1 Å². The molecule has 2 aromatic heterocycles. The normalized spacial score (nSPS) is 15.0. The Morgan fingerprint density at radius 3 is 2.57 bits per heavy atom. The number of likely N-dealkylation sites (tertiary alicyclic amines) is 1. The number of nitrogens with zero attached hydrogens (tertiary/aromatic N) is 4. The van der Waals surface area contributed by atoms with Gasteiger partial charge in [-0.3, -0.25) is 9.59 Å². The van der Waals surface area contributed by atoms with Crippen molar-refractivity contribution in [1.82, 2.24) is 24.9 Å². The van der Waals surface area contributed by atoms with Gasteiger partial charge in [0, 0.05) is 24.3 Å². The molecule has 1 aliphatic heterocycles. The summed E-state index contributed by atoms with van der Waals surface area (Å²) in [5.41, 5.74) is 3.48. The van der Waals surface area contributed by atoms with Gasteiger partial charge in [0.15, 0.2) is 0 Å². The summed E-state index contributed by atoms with van der Waals surface area (Å²) >= 11 is 0. The molecule has 7 heteroatoms. The van der Waals surface area contributed by atoms with Crippen molar-refractivity contribution in [3.05, 3.63) is 69.8 Å². The molecule has 1 aliphatic rings. The topological polar surface area (TPSA) is 83.9 Å². The molecule has 1 N–H and O–H groups in total. The molecular formula is C21H23N5O2. The standard InChI is InChI=1S/C21H23N5O2/c1-14-12-18(20(27)22-15(14)2)21(28)25-10-8-17(9-11-25)26-13-19(23-24-26)16-6-4-3-5-7-16/h3-7,12-13,17H,8-11H2,1-2H3,(H,22,27). The molecule has 3 aromatic rings. The molecule has 1 amide bonds. The van der Waals surface area contributed by atoms with Gasteiger partial charge in [-0.05, 0) is 38.3 Å². The van der Waals surface area contributed by atoms with Crippen molar-refractivity contribution >= 4 is 5.91 Å². The molecule has 1 fully saturated rings. The van der Waals surface area contributed by atoms with Crippen LogP contribution < -0.4 is 5.56 Å². The van der Waals surface area contributed by atoms with E-state index in [1.165, 1.54) is 0 Å². The third-order valence-corrected chi connectivity index (χ3v) is 5.43. The van der Waals surface area contributed by atoms with Crippen molar-refractivity contribution in [3.63, 3.8) is 0 Å². The van der Waals surface area contributed by atoms with Gasteiger partial charge in [-0.2, -0.15) is 0 Å². The highest BCUT2D eigenvalue weighted by atomic mass is 16.2. The highest BCUT2D eigenvalue weighted by Crippen LogP contribution is 2.24. The minimum atomic E-state index is -0.320. The number of carbonyl (C=O) groups excluding carboxylic acids is 1. The fourth-order valence-electron chi connectivity index (χ4n) is 3.59. The van der Waals surface area contributed by atoms with E-state index < -0.39 is 0 Å². The van der Waals surface area contributed by atoms with Crippen LogP contribution >= 0.6 is 0 Å². The van der Waals surface area contributed by atoms with Crippen molar-refractivity contribution in [3.8, 4) is 11.3 Å². The highest BCUT2D eigenvalue weighted by molar-refractivity contribution is 5.94. The molecule has 1 saturated heterocycles. The molecule has 0 aliphatic carbocycles. The molecule has 0 radical (unpaired) electrons. The minimum absolute atomic E-state index is 0.201. The van der Waals surface area contributed by atoms with Crippen molar-refractivity contribution in [2.24, 2.45) is 0 Å². The SMILES string of the molecule is Cc1cc(C(=O)N2CCC(n3cc(-c4ccccc4)nn3)CC2)c(=O)[nH]c1C. The average Bonchev–Trinajstić information content (AvgIpc) is 3.21. The second-order valence-electron chi connectivity index (χ2n) is 7.29. The number of piperidine rings is 1. The maximum Gasteiger partial charge on any atom is 0.261 e. The van der Waals surface area contributed by atoms with Crippen LogP contribution in [-0.2, 0) is 0 Å². The molecule has 1 aromatic carbocycles. The van der Waals surface area contributed by atoms with Gasteiger partial charge in [0.05, 0.1) is 12.2 Å². The van der Waals surface area contributed by atoms with Crippen LogP contribution in [0.5, 0.6) is 0 Å². The molecule has 144 valence electrons. The molecule has 3 heterocycles. The molecule has 0 spiro atoms. The Kier molecular flexibility index (Phi) is 4.81. The van der Waals surface area contributed by atoms with E-state index in [9.17, 15) is 9.59 Å². The van der Waals surface area contributed by atoms with Crippen molar-refractivity contribution in [2.45, 2.75) is 32.7 Å². The molecule has 0 saturated carbocycles. The first-order chi connectivity index (χ1) is 13.5. The molecule has 0 atom stereocenters. The summed E-state index contributed by atoms with van der Waals surface area (Å²) in [6.45, 7) is 4.91. The second-order valence-corrected chi connectivity index (χ2v) is 7.29. The monoisotopic (exact) mass is 377 g/mol. The van der Waals surface area contributed by atoms with Gasteiger partial charge in [-0.15, -0.1) is 5.10 Å². The highest BCUT2D eigenvalue weighted by Gasteiger charge is 2.27. The van der Waals surface area contributed by atoms with Crippen molar-refractivity contribution in [1.29, 1.82) is 0 Å². The van der Waals surface area contributed by atoms with Gasteiger partial charge in [0.1, 0.15) is 11.3 Å². The molecule has 4 rings (SSSR count). The van der Waals surface area contributed by atoms with E-state index in [1.54, 1.807) is 11.0 Å². The van der Waals surface area contributed by atoms with E-state index in [4.69, 9.17) is 0 Å². The van der Waals surface area contributed by atoms with Gasteiger partial charge in [0.25, 0.3) is 11.5 Å². The van der Waals surface area contributed by atoms with E-state index in [0.29, 0.717) is 13.1 Å². The Bertz CT molecular complexity index is 1050. The maximum atomic E-state index is 12.8. The lowest BCUT2D eigenvalue weighted by Gasteiger charge is -2.31. The van der Waals surface area contributed by atoms with Crippen LogP contribution in [0.2, 0.25) is 0 Å². The van der Waals surface area contributed by atoms with Crippen LogP contribution in [0.25, 0.3) is 11.3 Å². The van der Waals surface area contributed by atoms with Gasteiger partial charge in [-0.1, -0.05) is 35.5 Å². The van der Waals surface area contributed by atoms with Crippen LogP contribution in [0.3, 0.4) is 0 Å². The molecule has 0 bridgehead atoms. The van der Waals surface area contributed by atoms with Crippen LogP contribution in [0.15, 0.2) is 47.4 Å². The number of pyridine rings is 1. The fourth-order valence-corrected chi connectivity index (χ4v) is 3.59. The zero-order valence-electron chi connectivity index (χ0n) is 16.1. The van der Waals surface area contributed by atoms with Gasteiger partial charge in [0.2, 0.25) is 0 Å². The lowest BCUT2D eigenvalue weighted by Crippen LogP contribution is -2.41. The Balaban J connectivity index is 1.44. The van der Waals surface area contributed by atoms with Crippen LogP contribution in [-0.4, -0.2) is 43.9 Å². The second kappa shape index (κ2) is 7.42. The smallest absolute Gasteiger partial charge is 0.261 e. The Morgan fingerprint density at radius 1 is 1.14 bits per heavy atom. The van der Waals surface area contributed by atoms with Crippen LogP contribution in [0, 0.1) is 13.8 Å². The molecule has 28 heavy (non-hydrogen) atoms. The summed E-state index contributed by atoms with van der Waals surface area (Å²) in [4.78, 5) is 29.5. The van der Waals surface area contributed by atoms with E-state index in [2.05, 4.69) is 15.3 Å². The first-order valence-electron chi connectivity index (χ1n) is 9.50. The van der Waals surface area contributed by atoms with Gasteiger partial charge < -0.3 is 9.88 Å². The minimum Gasteiger partial charge on any atom is -0.338 e. The average molecular weight is 377 g/mol. The predicted octanol–water partition coefficient (Wildman–Crippen LogP) is 2.73. The fraction of sp³-hybridized carbons (Fsp3) is 0.333. The van der Waals surface area contributed by atoms with E-state index in [1.807, 2.05) is 55.1 Å². The van der Waals surface area contributed by atoms with E-state index in [0.717, 1.165) is 35.4 Å². The Morgan fingerprint density at radius 2 is 1.86 bits per heavy atom. The summed E-state index contributed by atoms with van der Waals surface area (Å²) in [7, 11) is 0. The van der Waals surface area contributed by atoms with E-state index in [-0.39, 0.29) is 23.1 Å². The number of H-pyrrole nitrogens is 1. The lowest BCUT2D eigenvalue weighted by atomic mass is 10.0. The number of rotatable bonds is 3. The lowest BCUT2D eigenvalue weighted by molar-refractivity contribution is 0.0687.